The first-order chi connectivity index (χ1) is 18.5. The van der Waals surface area contributed by atoms with Crippen molar-refractivity contribution in [1.82, 2.24) is 20.1 Å². The van der Waals surface area contributed by atoms with Crippen LogP contribution in [0.2, 0.25) is 0 Å². The number of hydrogen-bond acceptors (Lipinski definition) is 8. The molecule has 3 unspecified atom stereocenters. The van der Waals surface area contributed by atoms with Gasteiger partial charge in [-0.15, -0.1) is 0 Å². The van der Waals surface area contributed by atoms with Crippen molar-refractivity contribution in [2.24, 2.45) is 0 Å². The van der Waals surface area contributed by atoms with E-state index in [0.29, 0.717) is 44.9 Å². The molecule has 200 valence electrons. The Morgan fingerprint density at radius 1 is 1.21 bits per heavy atom. The van der Waals surface area contributed by atoms with E-state index in [4.69, 9.17) is 13.9 Å². The van der Waals surface area contributed by atoms with Crippen LogP contribution in [0.3, 0.4) is 0 Å². The maximum atomic E-state index is 12.6. The van der Waals surface area contributed by atoms with Crippen LogP contribution < -0.4 is 16.4 Å². The minimum Gasteiger partial charge on any atom is -0.408 e. The number of rotatable bonds is 7. The highest BCUT2D eigenvalue weighted by Gasteiger charge is 2.24. The molecule has 3 aromatic rings. The number of fused-ring (bicyclic) bond motifs is 1. The van der Waals surface area contributed by atoms with E-state index >= 15 is 0 Å². The zero-order valence-corrected chi connectivity index (χ0v) is 21.5. The number of morpholine rings is 1. The molecule has 1 amide bonds. The van der Waals surface area contributed by atoms with E-state index in [2.05, 4.69) is 21.6 Å². The highest BCUT2D eigenvalue weighted by molar-refractivity contribution is 5.82. The van der Waals surface area contributed by atoms with E-state index in [9.17, 15) is 14.9 Å². The molecule has 0 saturated carbocycles. The molecule has 2 aliphatic heterocycles. The first-order valence-electron chi connectivity index (χ1n) is 13.0. The number of benzene rings is 2. The Labute approximate surface area is 221 Å². The maximum Gasteiger partial charge on any atom is 0.420 e. The van der Waals surface area contributed by atoms with E-state index in [1.165, 1.54) is 0 Å². The van der Waals surface area contributed by atoms with Crippen LogP contribution in [0.25, 0.3) is 22.2 Å². The minimum absolute atomic E-state index is 0.101. The summed E-state index contributed by atoms with van der Waals surface area (Å²) < 4.78 is 18.4. The van der Waals surface area contributed by atoms with Gasteiger partial charge in [0.05, 0.1) is 30.8 Å². The van der Waals surface area contributed by atoms with Crippen LogP contribution in [0.4, 0.5) is 0 Å². The Hall–Kier alpha value is -3.49. The summed E-state index contributed by atoms with van der Waals surface area (Å²) in [7, 11) is 2.04. The fraction of sp³-hybridized carbons (Fsp3) is 0.464. The summed E-state index contributed by atoms with van der Waals surface area (Å²) in [6, 6.07) is 15.2. The highest BCUT2D eigenvalue weighted by atomic mass is 16.5. The van der Waals surface area contributed by atoms with E-state index < -0.39 is 12.1 Å². The third kappa shape index (κ3) is 5.97. The van der Waals surface area contributed by atoms with Gasteiger partial charge in [0, 0.05) is 32.7 Å². The lowest BCUT2D eigenvalue weighted by Gasteiger charge is -2.32. The lowest BCUT2D eigenvalue weighted by atomic mass is 10.0. The van der Waals surface area contributed by atoms with Crippen LogP contribution in [0.1, 0.15) is 12.0 Å². The van der Waals surface area contributed by atoms with Gasteiger partial charge in [0.2, 0.25) is 0 Å². The molecule has 0 aliphatic carbocycles. The molecule has 0 radical (unpaired) electrons. The van der Waals surface area contributed by atoms with Crippen LogP contribution >= 0.6 is 0 Å². The molecule has 3 heterocycles. The van der Waals surface area contributed by atoms with Crippen molar-refractivity contribution in [3.63, 3.8) is 0 Å². The summed E-state index contributed by atoms with van der Waals surface area (Å²) in [6.07, 6.45) is 0.660. The number of carbonyl (C=O) groups excluding carboxylic acids is 1. The lowest BCUT2D eigenvalue weighted by molar-refractivity contribution is -0.132. The quantitative estimate of drug-likeness (QED) is 0.482. The molecule has 0 spiro atoms. The second kappa shape index (κ2) is 11.9. The first kappa shape index (κ1) is 26.1. The van der Waals surface area contributed by atoms with Crippen LogP contribution in [0, 0.1) is 11.3 Å². The number of oxazole rings is 1. The fourth-order valence-electron chi connectivity index (χ4n) is 4.90. The number of likely N-dealkylation sites (N-methyl/N-ethyl adjacent to an activating group) is 1. The monoisotopic (exact) mass is 519 g/mol. The topological polar surface area (TPSA) is 122 Å². The molecule has 5 rings (SSSR count). The van der Waals surface area contributed by atoms with E-state index in [1.807, 2.05) is 49.5 Å². The van der Waals surface area contributed by atoms with E-state index in [0.717, 1.165) is 41.7 Å². The molecule has 10 heteroatoms. The maximum absolute atomic E-state index is 12.6. The Bertz CT molecular complexity index is 1350. The second-order valence-corrected chi connectivity index (χ2v) is 9.88. The summed E-state index contributed by atoms with van der Waals surface area (Å²) in [5.74, 6) is -0.644. The van der Waals surface area contributed by atoms with Gasteiger partial charge in [0.1, 0.15) is 12.1 Å². The smallest absolute Gasteiger partial charge is 0.408 e. The van der Waals surface area contributed by atoms with E-state index in [1.54, 1.807) is 4.57 Å². The number of nitrogens with zero attached hydrogens (tertiary/aromatic N) is 3. The second-order valence-electron chi connectivity index (χ2n) is 9.88. The Morgan fingerprint density at radius 3 is 2.82 bits per heavy atom. The molecule has 3 atom stereocenters. The van der Waals surface area contributed by atoms with Gasteiger partial charge in [0.25, 0.3) is 5.91 Å². The van der Waals surface area contributed by atoms with Crippen LogP contribution in [0.15, 0.2) is 51.7 Å². The van der Waals surface area contributed by atoms with Crippen molar-refractivity contribution in [2.75, 3.05) is 46.5 Å². The molecule has 2 aliphatic rings. The number of aromatic nitrogens is 1. The fourth-order valence-corrected chi connectivity index (χ4v) is 4.90. The summed E-state index contributed by atoms with van der Waals surface area (Å²) in [6.45, 7) is 4.38. The van der Waals surface area contributed by atoms with Gasteiger partial charge in [-0.1, -0.05) is 30.3 Å². The predicted molar refractivity (Wildman–Crippen MR) is 142 cm³/mol. The van der Waals surface area contributed by atoms with Gasteiger partial charge in [-0.25, -0.2) is 4.79 Å². The average molecular weight is 520 g/mol. The molecular formula is C28H33N5O5. The Morgan fingerprint density at radius 2 is 2.03 bits per heavy atom. The van der Waals surface area contributed by atoms with Crippen molar-refractivity contribution in [3.05, 3.63) is 58.6 Å². The SMILES string of the molecule is CN1CCOCC1Cn1c(=O)oc2ccc(-c3ccc(CC(C#N)NC(=O)C4CNCCCO4)cc3)cc21. The van der Waals surface area contributed by atoms with Gasteiger partial charge >= 0.3 is 5.76 Å². The minimum atomic E-state index is -0.654. The van der Waals surface area contributed by atoms with Gasteiger partial charge < -0.3 is 24.5 Å². The number of amides is 1. The highest BCUT2D eigenvalue weighted by Crippen LogP contribution is 2.25. The third-order valence-corrected chi connectivity index (χ3v) is 7.22. The summed E-state index contributed by atoms with van der Waals surface area (Å²) in [5.41, 5.74) is 4.16. The zero-order chi connectivity index (χ0) is 26.5. The normalized spacial score (nSPS) is 21.5. The summed E-state index contributed by atoms with van der Waals surface area (Å²) >= 11 is 0. The first-order valence-corrected chi connectivity index (χ1v) is 13.0. The van der Waals surface area contributed by atoms with Gasteiger partial charge in [-0.2, -0.15) is 5.26 Å². The number of nitriles is 1. The molecule has 2 saturated heterocycles. The van der Waals surface area contributed by atoms with Gasteiger partial charge in [-0.05, 0) is 48.8 Å². The van der Waals surface area contributed by atoms with Gasteiger partial charge in [0.15, 0.2) is 5.58 Å². The third-order valence-electron chi connectivity index (χ3n) is 7.22. The summed E-state index contributed by atoms with van der Waals surface area (Å²) in [4.78, 5) is 27.4. The number of carbonyl (C=O) groups is 1. The summed E-state index contributed by atoms with van der Waals surface area (Å²) in [5, 5.41) is 15.6. The molecule has 1 aromatic heterocycles. The van der Waals surface area contributed by atoms with Crippen LogP contribution in [-0.4, -0.2) is 80.1 Å². The molecule has 2 N–H and O–H groups in total. The van der Waals surface area contributed by atoms with Crippen molar-refractivity contribution < 1.29 is 18.7 Å². The van der Waals surface area contributed by atoms with Crippen LogP contribution in [-0.2, 0) is 27.2 Å². The zero-order valence-electron chi connectivity index (χ0n) is 21.5. The molecular weight excluding hydrogens is 486 g/mol. The van der Waals surface area contributed by atoms with Crippen molar-refractivity contribution in [1.29, 1.82) is 5.26 Å². The number of nitrogens with one attached hydrogen (secondary N) is 2. The average Bonchev–Trinajstić information content (AvgIpc) is 3.09. The molecule has 10 nitrogen and oxygen atoms in total. The Balaban J connectivity index is 1.28. The van der Waals surface area contributed by atoms with Crippen molar-refractivity contribution in [3.8, 4) is 17.2 Å². The lowest BCUT2D eigenvalue weighted by Crippen LogP contribution is -2.46. The van der Waals surface area contributed by atoms with Crippen LogP contribution in [0.5, 0.6) is 0 Å². The molecule has 2 aromatic carbocycles. The number of ether oxygens (including phenoxy) is 2. The Kier molecular flexibility index (Phi) is 8.20. The van der Waals surface area contributed by atoms with Crippen molar-refractivity contribution >= 4 is 17.0 Å². The van der Waals surface area contributed by atoms with E-state index in [-0.39, 0.29) is 17.7 Å². The van der Waals surface area contributed by atoms with Crippen molar-refractivity contribution in [2.45, 2.75) is 37.6 Å². The molecule has 2 fully saturated rings. The molecule has 0 bridgehead atoms. The largest absolute Gasteiger partial charge is 0.420 e. The van der Waals surface area contributed by atoms with Gasteiger partial charge in [-0.3, -0.25) is 14.3 Å². The standard InChI is InChI=1S/C28H33N5O5/c1-32-10-12-36-18-23(32)17-33-24-14-21(7-8-25(24)38-28(33)35)20-5-3-19(4-6-20)13-22(15-29)31-27(34)26-16-30-9-2-11-37-26/h3-8,14,22-23,26,30H,2,9-13,16-18H2,1H3,(H,31,34). The number of hydrogen-bond donors (Lipinski definition) is 2. The predicted octanol–water partition coefficient (Wildman–Crippen LogP) is 1.52. The molecule has 38 heavy (non-hydrogen) atoms.